The van der Waals surface area contributed by atoms with Crippen molar-refractivity contribution in [2.75, 3.05) is 6.61 Å². The molecule has 13 heteroatoms. The first-order chi connectivity index (χ1) is 17.9. The van der Waals surface area contributed by atoms with Crippen molar-refractivity contribution in [1.29, 1.82) is 5.41 Å². The number of hydrogen-bond acceptors (Lipinski definition) is 10. The lowest BCUT2D eigenvalue weighted by molar-refractivity contribution is -0.114. The normalized spacial score (nSPS) is 16.3. The van der Waals surface area contributed by atoms with E-state index < -0.39 is 5.91 Å². The number of aromatic nitrogens is 3. The van der Waals surface area contributed by atoms with Crippen molar-refractivity contribution in [2.45, 2.75) is 40.2 Å². The number of benzene rings is 1. The molecule has 2 aliphatic heterocycles. The predicted molar refractivity (Wildman–Crippen MR) is 144 cm³/mol. The average molecular weight is 538 g/mol. The van der Waals surface area contributed by atoms with Crippen LogP contribution in [0.3, 0.4) is 0 Å². The Morgan fingerprint density at radius 2 is 1.92 bits per heavy atom. The zero-order valence-electron chi connectivity index (χ0n) is 20.3. The third-order valence-electron chi connectivity index (χ3n) is 5.40. The second kappa shape index (κ2) is 10.3. The summed E-state index contributed by atoms with van der Waals surface area (Å²) in [6.07, 6.45) is 3.01. The van der Waals surface area contributed by atoms with Crippen LogP contribution in [0.4, 0.5) is 0 Å². The van der Waals surface area contributed by atoms with Gasteiger partial charge in [0.25, 0.3) is 11.5 Å². The molecule has 5 rings (SSSR count). The van der Waals surface area contributed by atoms with Gasteiger partial charge in [0.15, 0.2) is 17.3 Å². The van der Waals surface area contributed by atoms with Crippen LogP contribution in [-0.4, -0.2) is 48.2 Å². The Bertz CT molecular complexity index is 1570. The summed E-state index contributed by atoms with van der Waals surface area (Å²) in [6, 6.07) is 6.61. The largest absolute Gasteiger partial charge is 0.490 e. The fourth-order valence-electron chi connectivity index (χ4n) is 3.61. The molecule has 1 aromatic carbocycles. The summed E-state index contributed by atoms with van der Waals surface area (Å²) >= 11 is 2.67. The third-order valence-corrected chi connectivity index (χ3v) is 7.50. The molecule has 2 aromatic heterocycles. The number of carbonyl (C=O) groups excluding carboxylic acids is 1. The van der Waals surface area contributed by atoms with E-state index in [9.17, 15) is 9.59 Å². The fourth-order valence-corrected chi connectivity index (χ4v) is 5.29. The van der Waals surface area contributed by atoms with Crippen molar-refractivity contribution >= 4 is 56.1 Å². The summed E-state index contributed by atoms with van der Waals surface area (Å²) in [5.41, 5.74) is 0.998. The van der Waals surface area contributed by atoms with Gasteiger partial charge in [-0.2, -0.15) is 24.7 Å². The number of fused-ring (bicyclic) bond motifs is 2. The molecule has 0 radical (unpaired) electrons. The molecule has 0 saturated heterocycles. The first-order valence-corrected chi connectivity index (χ1v) is 13.3. The quantitative estimate of drug-likeness (QED) is 0.430. The number of hydrazone groups is 1. The SMILES string of the molecule is CCOc1cc(/C=C2\C(=N)N3N=C(CC)SC3=NC2=O)ccc1OCc1cc(=O)n2nc(CC)sc2n1. The minimum Gasteiger partial charge on any atom is -0.490 e. The molecule has 3 aromatic rings. The van der Waals surface area contributed by atoms with E-state index >= 15 is 0 Å². The van der Waals surface area contributed by atoms with Crippen molar-refractivity contribution in [2.24, 2.45) is 10.1 Å². The molecular formula is C24H23N7O4S2. The number of carbonyl (C=O) groups is 1. The number of ether oxygens (including phenoxy) is 2. The molecule has 0 saturated carbocycles. The lowest BCUT2D eigenvalue weighted by Gasteiger charge is -2.20. The maximum atomic E-state index is 12.6. The van der Waals surface area contributed by atoms with E-state index in [2.05, 4.69) is 20.2 Å². The molecule has 0 spiro atoms. The minimum absolute atomic E-state index is 0.0220. The summed E-state index contributed by atoms with van der Waals surface area (Å²) in [4.78, 5) is 34.2. The maximum Gasteiger partial charge on any atom is 0.283 e. The van der Waals surface area contributed by atoms with Crippen LogP contribution in [0.2, 0.25) is 0 Å². The van der Waals surface area contributed by atoms with Gasteiger partial charge < -0.3 is 9.47 Å². The van der Waals surface area contributed by atoms with E-state index in [0.29, 0.717) is 45.9 Å². The van der Waals surface area contributed by atoms with E-state index in [1.807, 2.05) is 20.8 Å². The molecule has 0 bridgehead atoms. The topological polar surface area (TPSA) is 135 Å². The Balaban J connectivity index is 1.39. The Morgan fingerprint density at radius 3 is 2.68 bits per heavy atom. The molecule has 4 heterocycles. The van der Waals surface area contributed by atoms with E-state index in [1.54, 1.807) is 24.3 Å². The summed E-state index contributed by atoms with van der Waals surface area (Å²) in [6.45, 7) is 6.24. The third kappa shape index (κ3) is 4.91. The first-order valence-electron chi connectivity index (χ1n) is 11.7. The van der Waals surface area contributed by atoms with Crippen molar-refractivity contribution < 1.29 is 14.3 Å². The average Bonchev–Trinajstić information content (AvgIpc) is 3.50. The van der Waals surface area contributed by atoms with Crippen LogP contribution in [0, 0.1) is 5.41 Å². The highest BCUT2D eigenvalue weighted by Crippen LogP contribution is 2.32. The standard InChI is InChI=1S/C24H23N7O4S2/c1-4-18-28-30-20(32)11-14(26-23(30)36-18)12-35-16-8-7-13(10-17(16)34-6-3)9-15-21(25)31-24(27-22(15)33)37-19(5-2)29-31/h7-11,25H,4-6,12H2,1-3H3/b15-9+,25-21?. The number of aliphatic imine (C=N–C) groups is 1. The number of nitrogens with zero attached hydrogens (tertiary/aromatic N) is 6. The number of nitrogens with one attached hydrogen (secondary N) is 1. The number of amides is 1. The van der Waals surface area contributed by atoms with Crippen LogP contribution >= 0.6 is 23.1 Å². The summed E-state index contributed by atoms with van der Waals surface area (Å²) in [5, 5.41) is 20.5. The van der Waals surface area contributed by atoms with Gasteiger partial charge in [0, 0.05) is 6.07 Å². The Morgan fingerprint density at radius 1 is 1.08 bits per heavy atom. The molecule has 190 valence electrons. The van der Waals surface area contributed by atoms with Gasteiger partial charge >= 0.3 is 0 Å². The molecule has 1 amide bonds. The molecule has 37 heavy (non-hydrogen) atoms. The highest BCUT2D eigenvalue weighted by Gasteiger charge is 2.35. The van der Waals surface area contributed by atoms with E-state index in [4.69, 9.17) is 14.9 Å². The van der Waals surface area contributed by atoms with Gasteiger partial charge in [0.2, 0.25) is 10.1 Å². The number of rotatable bonds is 8. The number of hydrogen-bond donors (Lipinski definition) is 1. The van der Waals surface area contributed by atoms with Gasteiger partial charge in [-0.05, 0) is 55.3 Å². The molecule has 0 atom stereocenters. The lowest BCUT2D eigenvalue weighted by Crippen LogP contribution is -2.35. The zero-order chi connectivity index (χ0) is 26.1. The van der Waals surface area contributed by atoms with Gasteiger partial charge in [-0.25, -0.2) is 4.98 Å². The molecule has 0 unspecified atom stereocenters. The van der Waals surface area contributed by atoms with Crippen molar-refractivity contribution in [3.8, 4) is 11.5 Å². The van der Waals surface area contributed by atoms with Crippen molar-refractivity contribution in [3.05, 3.63) is 56.5 Å². The van der Waals surface area contributed by atoms with Crippen LogP contribution in [0.15, 0.2) is 44.7 Å². The smallest absolute Gasteiger partial charge is 0.283 e. The Hall–Kier alpha value is -3.84. The highest BCUT2D eigenvalue weighted by atomic mass is 32.2. The number of amidine groups is 2. The van der Waals surface area contributed by atoms with Crippen LogP contribution in [0.1, 0.15) is 43.5 Å². The highest BCUT2D eigenvalue weighted by molar-refractivity contribution is 8.26. The Labute approximate surface area is 220 Å². The van der Waals surface area contributed by atoms with Crippen molar-refractivity contribution in [3.63, 3.8) is 0 Å². The summed E-state index contributed by atoms with van der Waals surface area (Å²) in [5.74, 6) is 0.411. The van der Waals surface area contributed by atoms with Gasteiger partial charge in [0.05, 0.1) is 17.9 Å². The van der Waals surface area contributed by atoms with E-state index in [-0.39, 0.29) is 23.6 Å². The number of aryl methyl sites for hydroxylation is 1. The molecule has 0 fully saturated rings. The molecule has 0 aliphatic carbocycles. The zero-order valence-corrected chi connectivity index (χ0v) is 22.0. The monoisotopic (exact) mass is 537 g/mol. The molecule has 2 aliphatic rings. The Kier molecular flexibility index (Phi) is 6.89. The molecular weight excluding hydrogens is 514 g/mol. The van der Waals surface area contributed by atoms with Gasteiger partial charge in [0.1, 0.15) is 16.7 Å². The van der Waals surface area contributed by atoms with E-state index in [0.717, 1.165) is 16.5 Å². The summed E-state index contributed by atoms with van der Waals surface area (Å²) < 4.78 is 13.0. The maximum absolute atomic E-state index is 12.6. The first kappa shape index (κ1) is 24.8. The van der Waals surface area contributed by atoms with E-state index in [1.165, 1.54) is 38.7 Å². The molecule has 1 N–H and O–H groups in total. The van der Waals surface area contributed by atoms with Crippen LogP contribution < -0.4 is 15.0 Å². The summed E-state index contributed by atoms with van der Waals surface area (Å²) in [7, 11) is 0. The van der Waals surface area contributed by atoms with Gasteiger partial charge in [-0.15, -0.1) is 0 Å². The second-order valence-corrected chi connectivity index (χ2v) is 10.0. The minimum atomic E-state index is -0.489. The second-order valence-electron chi connectivity index (χ2n) is 7.92. The van der Waals surface area contributed by atoms with Crippen LogP contribution in [0.25, 0.3) is 11.0 Å². The van der Waals surface area contributed by atoms with Crippen LogP contribution in [0.5, 0.6) is 11.5 Å². The van der Waals surface area contributed by atoms with Gasteiger partial charge in [-0.1, -0.05) is 31.3 Å². The fraction of sp³-hybridized carbons (Fsp3) is 0.292. The van der Waals surface area contributed by atoms with Gasteiger partial charge in [-0.3, -0.25) is 15.0 Å². The number of thioether (sulfide) groups is 1. The van der Waals surface area contributed by atoms with Crippen molar-refractivity contribution in [1.82, 2.24) is 19.6 Å². The van der Waals surface area contributed by atoms with Crippen LogP contribution in [-0.2, 0) is 17.8 Å². The molecule has 11 nitrogen and oxygen atoms in total. The predicted octanol–water partition coefficient (Wildman–Crippen LogP) is 3.72. The lowest BCUT2D eigenvalue weighted by atomic mass is 10.1.